The van der Waals surface area contributed by atoms with Crippen molar-refractivity contribution in [2.45, 2.75) is 19.8 Å². The number of aromatic nitrogens is 1. The lowest BCUT2D eigenvalue weighted by atomic mass is 10.2. The molecule has 0 aliphatic carbocycles. The Labute approximate surface area is 82.4 Å². The molecule has 0 spiro atoms. The number of rotatable bonds is 4. The standard InChI is InChI=1S/C10H13FN2O/c1-2-3-5-13-10(14)8-4-6-12-9(11)7-8/h4,6-7H,2-3,5H2,1H3,(H,13,14). The molecule has 1 aromatic rings. The van der Waals surface area contributed by atoms with Crippen molar-refractivity contribution in [1.29, 1.82) is 0 Å². The minimum atomic E-state index is -0.631. The number of nitrogens with zero attached hydrogens (tertiary/aromatic N) is 1. The largest absolute Gasteiger partial charge is 0.352 e. The normalized spacial score (nSPS) is 9.86. The van der Waals surface area contributed by atoms with Crippen LogP contribution in [0.3, 0.4) is 0 Å². The number of carbonyl (C=O) groups is 1. The zero-order valence-corrected chi connectivity index (χ0v) is 8.09. The third-order valence-corrected chi connectivity index (χ3v) is 1.80. The summed E-state index contributed by atoms with van der Waals surface area (Å²) in [6, 6.07) is 2.62. The van der Waals surface area contributed by atoms with Crippen molar-refractivity contribution in [3.8, 4) is 0 Å². The predicted octanol–water partition coefficient (Wildman–Crippen LogP) is 1.75. The van der Waals surface area contributed by atoms with Crippen LogP contribution in [-0.4, -0.2) is 17.4 Å². The van der Waals surface area contributed by atoms with Gasteiger partial charge in [0, 0.05) is 24.4 Å². The van der Waals surface area contributed by atoms with Gasteiger partial charge in [0.05, 0.1) is 0 Å². The molecule has 1 rings (SSSR count). The van der Waals surface area contributed by atoms with E-state index in [0.717, 1.165) is 18.9 Å². The number of halogens is 1. The van der Waals surface area contributed by atoms with Crippen LogP contribution >= 0.6 is 0 Å². The summed E-state index contributed by atoms with van der Waals surface area (Å²) in [6.45, 7) is 2.66. The van der Waals surface area contributed by atoms with E-state index in [2.05, 4.69) is 10.3 Å². The summed E-state index contributed by atoms with van der Waals surface area (Å²) < 4.78 is 12.6. The van der Waals surface area contributed by atoms with Gasteiger partial charge in [-0.15, -0.1) is 0 Å². The number of carbonyl (C=O) groups excluding carboxylic acids is 1. The van der Waals surface area contributed by atoms with E-state index in [9.17, 15) is 9.18 Å². The van der Waals surface area contributed by atoms with E-state index in [1.807, 2.05) is 6.92 Å². The molecule has 0 aromatic carbocycles. The Hall–Kier alpha value is -1.45. The zero-order valence-electron chi connectivity index (χ0n) is 8.09. The van der Waals surface area contributed by atoms with Crippen molar-refractivity contribution in [2.24, 2.45) is 0 Å². The first-order valence-electron chi connectivity index (χ1n) is 4.63. The van der Waals surface area contributed by atoms with Gasteiger partial charge in [0.2, 0.25) is 5.95 Å². The first-order chi connectivity index (χ1) is 6.74. The highest BCUT2D eigenvalue weighted by Crippen LogP contribution is 1.99. The van der Waals surface area contributed by atoms with Gasteiger partial charge in [-0.3, -0.25) is 4.79 Å². The molecule has 0 saturated carbocycles. The summed E-state index contributed by atoms with van der Waals surface area (Å²) in [7, 11) is 0. The number of nitrogens with one attached hydrogen (secondary N) is 1. The van der Waals surface area contributed by atoms with E-state index in [1.54, 1.807) is 0 Å². The van der Waals surface area contributed by atoms with Crippen molar-refractivity contribution in [3.05, 3.63) is 29.8 Å². The molecular formula is C10H13FN2O. The topological polar surface area (TPSA) is 42.0 Å². The Kier molecular flexibility index (Phi) is 4.04. The first kappa shape index (κ1) is 10.6. The number of amides is 1. The molecule has 0 atom stereocenters. The van der Waals surface area contributed by atoms with Gasteiger partial charge in [-0.05, 0) is 12.5 Å². The first-order valence-corrected chi connectivity index (χ1v) is 4.63. The molecule has 1 N–H and O–H groups in total. The molecule has 0 fully saturated rings. The van der Waals surface area contributed by atoms with Gasteiger partial charge in [0.25, 0.3) is 5.91 Å². The van der Waals surface area contributed by atoms with Crippen LogP contribution in [0.5, 0.6) is 0 Å². The number of hydrogen-bond acceptors (Lipinski definition) is 2. The lowest BCUT2D eigenvalue weighted by molar-refractivity contribution is 0.0952. The maximum absolute atomic E-state index is 12.6. The molecule has 4 heteroatoms. The summed E-state index contributed by atoms with van der Waals surface area (Å²) in [5.74, 6) is -0.882. The van der Waals surface area contributed by atoms with Crippen molar-refractivity contribution in [1.82, 2.24) is 10.3 Å². The highest BCUT2D eigenvalue weighted by atomic mass is 19.1. The predicted molar refractivity (Wildman–Crippen MR) is 51.4 cm³/mol. The molecule has 0 saturated heterocycles. The van der Waals surface area contributed by atoms with Crippen LogP contribution in [0.25, 0.3) is 0 Å². The van der Waals surface area contributed by atoms with Gasteiger partial charge in [-0.25, -0.2) is 4.98 Å². The van der Waals surface area contributed by atoms with Crippen LogP contribution in [0, 0.1) is 5.95 Å². The quantitative estimate of drug-likeness (QED) is 0.588. The van der Waals surface area contributed by atoms with Crippen LogP contribution in [-0.2, 0) is 0 Å². The highest BCUT2D eigenvalue weighted by Gasteiger charge is 2.05. The van der Waals surface area contributed by atoms with E-state index in [0.29, 0.717) is 12.1 Å². The van der Waals surface area contributed by atoms with E-state index in [-0.39, 0.29) is 5.91 Å². The van der Waals surface area contributed by atoms with E-state index >= 15 is 0 Å². The summed E-state index contributed by atoms with van der Waals surface area (Å²) in [5.41, 5.74) is 0.314. The van der Waals surface area contributed by atoms with Crippen LogP contribution in [0.4, 0.5) is 4.39 Å². The van der Waals surface area contributed by atoms with Crippen molar-refractivity contribution >= 4 is 5.91 Å². The maximum Gasteiger partial charge on any atom is 0.251 e. The second-order valence-electron chi connectivity index (χ2n) is 2.98. The fraction of sp³-hybridized carbons (Fsp3) is 0.400. The SMILES string of the molecule is CCCCNC(=O)c1ccnc(F)c1. The fourth-order valence-corrected chi connectivity index (χ4v) is 1.02. The van der Waals surface area contributed by atoms with Crippen LogP contribution in [0.1, 0.15) is 30.1 Å². The molecule has 14 heavy (non-hydrogen) atoms. The molecular weight excluding hydrogens is 183 g/mol. The van der Waals surface area contributed by atoms with Gasteiger partial charge in [-0.2, -0.15) is 4.39 Å². The van der Waals surface area contributed by atoms with E-state index in [4.69, 9.17) is 0 Å². The van der Waals surface area contributed by atoms with Crippen LogP contribution in [0.15, 0.2) is 18.3 Å². The zero-order chi connectivity index (χ0) is 10.4. The van der Waals surface area contributed by atoms with Crippen molar-refractivity contribution in [3.63, 3.8) is 0 Å². The molecule has 0 aliphatic heterocycles. The summed E-state index contributed by atoms with van der Waals surface area (Å²) in [6.07, 6.45) is 3.23. The third kappa shape index (κ3) is 3.12. The molecule has 1 amide bonds. The van der Waals surface area contributed by atoms with Gasteiger partial charge >= 0.3 is 0 Å². The minimum absolute atomic E-state index is 0.250. The maximum atomic E-state index is 12.6. The Balaban J connectivity index is 2.52. The average Bonchev–Trinajstić information content (AvgIpc) is 2.18. The Morgan fingerprint density at radius 3 is 3.07 bits per heavy atom. The number of unbranched alkanes of at least 4 members (excludes halogenated alkanes) is 1. The van der Waals surface area contributed by atoms with Gasteiger partial charge in [-0.1, -0.05) is 13.3 Å². The van der Waals surface area contributed by atoms with Gasteiger partial charge < -0.3 is 5.32 Å². The number of pyridine rings is 1. The molecule has 76 valence electrons. The number of hydrogen-bond donors (Lipinski definition) is 1. The lowest BCUT2D eigenvalue weighted by Gasteiger charge is -2.03. The second-order valence-corrected chi connectivity index (χ2v) is 2.98. The van der Waals surface area contributed by atoms with Crippen molar-refractivity contribution < 1.29 is 9.18 Å². The van der Waals surface area contributed by atoms with E-state index < -0.39 is 5.95 Å². The molecule has 0 radical (unpaired) electrons. The monoisotopic (exact) mass is 196 g/mol. The second kappa shape index (κ2) is 5.32. The highest BCUT2D eigenvalue weighted by molar-refractivity contribution is 5.93. The van der Waals surface area contributed by atoms with Gasteiger partial charge in [0.15, 0.2) is 0 Å². The minimum Gasteiger partial charge on any atom is -0.352 e. The average molecular weight is 196 g/mol. The molecule has 1 aromatic heterocycles. The smallest absolute Gasteiger partial charge is 0.251 e. The van der Waals surface area contributed by atoms with Crippen molar-refractivity contribution in [2.75, 3.05) is 6.54 Å². The van der Waals surface area contributed by atoms with Crippen LogP contribution in [0.2, 0.25) is 0 Å². The summed E-state index contributed by atoms with van der Waals surface area (Å²) >= 11 is 0. The molecule has 0 unspecified atom stereocenters. The molecule has 3 nitrogen and oxygen atoms in total. The summed E-state index contributed by atoms with van der Waals surface area (Å²) in [4.78, 5) is 14.7. The Morgan fingerprint density at radius 1 is 1.64 bits per heavy atom. The van der Waals surface area contributed by atoms with Crippen LogP contribution < -0.4 is 5.32 Å². The molecule has 1 heterocycles. The third-order valence-electron chi connectivity index (χ3n) is 1.80. The Bertz CT molecular complexity index is 315. The fourth-order valence-electron chi connectivity index (χ4n) is 1.02. The molecule has 0 aliphatic rings. The summed E-state index contributed by atoms with van der Waals surface area (Å²) in [5, 5.41) is 2.69. The van der Waals surface area contributed by atoms with E-state index in [1.165, 1.54) is 12.3 Å². The van der Waals surface area contributed by atoms with Gasteiger partial charge in [0.1, 0.15) is 0 Å². The Morgan fingerprint density at radius 2 is 2.43 bits per heavy atom. The molecule has 0 bridgehead atoms. The lowest BCUT2D eigenvalue weighted by Crippen LogP contribution is -2.24.